The Balaban J connectivity index is 1.18. The molecule has 35 heavy (non-hydrogen) atoms. The molecule has 12 heteroatoms. The van der Waals surface area contributed by atoms with Crippen molar-refractivity contribution in [3.05, 3.63) is 47.7 Å². The van der Waals surface area contributed by atoms with Gasteiger partial charge >= 0.3 is 0 Å². The standard InChI is InChI=1S/C23H26N8O2S2/c1-13-7-20(31-30-13)27-21-19-4-6-34-22(19)29-23(28-21)26-14-8-15-10-18(11-16(9-14)25-15)35(32,33)17-3-2-5-24-12-17/h2-7,12,14-16,18,25H,8-11H2,1H3,(H3,26,27,28,29,30,31)/t14-,15+,16-,18?. The third-order valence-corrected chi connectivity index (χ3v) is 9.68. The van der Waals surface area contributed by atoms with Gasteiger partial charge in [-0.3, -0.25) is 10.1 Å². The molecule has 0 aliphatic carbocycles. The number of hydrogen-bond donors (Lipinski definition) is 4. The zero-order valence-corrected chi connectivity index (χ0v) is 20.7. The monoisotopic (exact) mass is 510 g/mol. The lowest BCUT2D eigenvalue weighted by Gasteiger charge is -2.43. The number of piperidine rings is 2. The van der Waals surface area contributed by atoms with Gasteiger partial charge in [0, 0.05) is 42.3 Å². The molecule has 4 atom stereocenters. The highest BCUT2D eigenvalue weighted by molar-refractivity contribution is 7.92. The Kier molecular flexibility index (Phi) is 5.66. The Morgan fingerprint density at radius 1 is 1.11 bits per heavy atom. The van der Waals surface area contributed by atoms with E-state index < -0.39 is 15.1 Å². The molecule has 2 aliphatic rings. The number of thiophene rings is 1. The molecule has 10 nitrogen and oxygen atoms in total. The van der Waals surface area contributed by atoms with Crippen LogP contribution >= 0.6 is 11.3 Å². The zero-order chi connectivity index (χ0) is 24.0. The van der Waals surface area contributed by atoms with Gasteiger partial charge in [0.15, 0.2) is 15.7 Å². The van der Waals surface area contributed by atoms with Crippen LogP contribution in [-0.4, -0.2) is 56.9 Å². The number of nitrogens with one attached hydrogen (secondary N) is 4. The van der Waals surface area contributed by atoms with Crippen LogP contribution in [-0.2, 0) is 9.84 Å². The molecule has 1 unspecified atom stereocenters. The van der Waals surface area contributed by atoms with Gasteiger partial charge in [-0.25, -0.2) is 13.4 Å². The molecule has 2 aliphatic heterocycles. The van der Waals surface area contributed by atoms with Crippen LogP contribution in [0.15, 0.2) is 46.9 Å². The van der Waals surface area contributed by atoms with Crippen molar-refractivity contribution in [1.82, 2.24) is 30.5 Å². The van der Waals surface area contributed by atoms with E-state index in [4.69, 9.17) is 9.97 Å². The first-order valence-electron chi connectivity index (χ1n) is 11.6. The minimum atomic E-state index is -3.39. The van der Waals surface area contributed by atoms with E-state index in [1.54, 1.807) is 29.7 Å². The Labute approximate surface area is 206 Å². The topological polar surface area (TPSA) is 138 Å². The molecule has 0 amide bonds. The van der Waals surface area contributed by atoms with Gasteiger partial charge in [-0.15, -0.1) is 11.3 Å². The number of sulfone groups is 1. The lowest BCUT2D eigenvalue weighted by molar-refractivity contribution is 0.231. The molecule has 182 valence electrons. The van der Waals surface area contributed by atoms with Gasteiger partial charge in [0.1, 0.15) is 10.6 Å². The number of aromatic nitrogens is 5. The molecule has 2 saturated heterocycles. The van der Waals surface area contributed by atoms with Gasteiger partial charge in [0.05, 0.1) is 15.5 Å². The van der Waals surface area contributed by atoms with Gasteiger partial charge in [-0.2, -0.15) is 10.1 Å². The number of anilines is 3. The van der Waals surface area contributed by atoms with Crippen LogP contribution in [0.4, 0.5) is 17.6 Å². The average Bonchev–Trinajstić information content (AvgIpc) is 3.48. The van der Waals surface area contributed by atoms with E-state index >= 15 is 0 Å². The predicted molar refractivity (Wildman–Crippen MR) is 136 cm³/mol. The van der Waals surface area contributed by atoms with Crippen molar-refractivity contribution in [3.8, 4) is 0 Å². The number of pyridine rings is 1. The van der Waals surface area contributed by atoms with Gasteiger partial charge in [0.25, 0.3) is 0 Å². The van der Waals surface area contributed by atoms with Crippen molar-refractivity contribution in [3.63, 3.8) is 0 Å². The summed E-state index contributed by atoms with van der Waals surface area (Å²) in [6.07, 6.45) is 5.83. The third-order valence-electron chi connectivity index (χ3n) is 6.72. The first-order valence-corrected chi connectivity index (χ1v) is 14.1. The first-order chi connectivity index (χ1) is 16.9. The number of nitrogens with zero attached hydrogens (tertiary/aromatic N) is 4. The minimum absolute atomic E-state index is 0.117. The van der Waals surface area contributed by atoms with Crippen LogP contribution < -0.4 is 16.0 Å². The lowest BCUT2D eigenvalue weighted by atomic mass is 9.84. The molecule has 2 bridgehead atoms. The van der Waals surface area contributed by atoms with E-state index in [9.17, 15) is 8.42 Å². The number of hydrogen-bond acceptors (Lipinski definition) is 10. The summed E-state index contributed by atoms with van der Waals surface area (Å²) >= 11 is 1.57. The van der Waals surface area contributed by atoms with Crippen molar-refractivity contribution in [2.45, 2.75) is 60.9 Å². The van der Waals surface area contributed by atoms with Crippen LogP contribution in [0.25, 0.3) is 10.2 Å². The van der Waals surface area contributed by atoms with Crippen LogP contribution in [0.3, 0.4) is 0 Å². The van der Waals surface area contributed by atoms with E-state index in [0.29, 0.717) is 35.3 Å². The second kappa shape index (κ2) is 8.85. The molecule has 4 aromatic rings. The summed E-state index contributed by atoms with van der Waals surface area (Å²) < 4.78 is 26.3. The molecule has 0 aromatic carbocycles. The summed E-state index contributed by atoms with van der Waals surface area (Å²) in [7, 11) is -3.39. The maximum Gasteiger partial charge on any atom is 0.226 e. The molecule has 0 radical (unpaired) electrons. The second-order valence-corrected chi connectivity index (χ2v) is 12.4. The number of H-pyrrole nitrogens is 1. The van der Waals surface area contributed by atoms with Crippen molar-refractivity contribution in [1.29, 1.82) is 0 Å². The minimum Gasteiger partial charge on any atom is -0.351 e. The number of aromatic amines is 1. The number of rotatable bonds is 6. The molecule has 6 heterocycles. The maximum absolute atomic E-state index is 13.2. The molecule has 4 N–H and O–H groups in total. The Hall–Kier alpha value is -3.09. The first kappa shape index (κ1) is 22.4. The van der Waals surface area contributed by atoms with E-state index in [-0.39, 0.29) is 18.1 Å². The van der Waals surface area contributed by atoms with Gasteiger partial charge in [0.2, 0.25) is 5.95 Å². The summed E-state index contributed by atoms with van der Waals surface area (Å²) in [4.78, 5) is 14.7. The highest BCUT2D eigenvalue weighted by Gasteiger charge is 2.41. The number of aryl methyl sites for hydroxylation is 1. The molecular formula is C23H26N8O2S2. The fraction of sp³-hybridized carbons (Fsp3) is 0.391. The normalized spacial score (nSPS) is 24.4. The van der Waals surface area contributed by atoms with Crippen molar-refractivity contribution < 1.29 is 8.42 Å². The molecule has 6 rings (SSSR count). The van der Waals surface area contributed by atoms with E-state index in [1.165, 1.54) is 6.20 Å². The molecule has 0 spiro atoms. The summed E-state index contributed by atoms with van der Waals surface area (Å²) in [6.45, 7) is 1.95. The Morgan fingerprint density at radius 3 is 2.66 bits per heavy atom. The number of fused-ring (bicyclic) bond motifs is 3. The van der Waals surface area contributed by atoms with Gasteiger partial charge in [-0.1, -0.05) is 0 Å². The summed E-state index contributed by atoms with van der Waals surface area (Å²) in [5.74, 6) is 1.98. The van der Waals surface area contributed by atoms with Gasteiger partial charge < -0.3 is 16.0 Å². The lowest BCUT2D eigenvalue weighted by Crippen LogP contribution is -2.56. The van der Waals surface area contributed by atoms with Crippen LogP contribution in [0, 0.1) is 6.92 Å². The van der Waals surface area contributed by atoms with Crippen LogP contribution in [0.1, 0.15) is 31.4 Å². The largest absolute Gasteiger partial charge is 0.351 e. The van der Waals surface area contributed by atoms with Crippen molar-refractivity contribution in [2.24, 2.45) is 0 Å². The third kappa shape index (κ3) is 4.48. The fourth-order valence-corrected chi connectivity index (χ4v) is 7.79. The summed E-state index contributed by atoms with van der Waals surface area (Å²) in [5.41, 5.74) is 0.964. The zero-order valence-electron chi connectivity index (χ0n) is 19.1. The molecule has 4 aromatic heterocycles. The summed E-state index contributed by atoms with van der Waals surface area (Å²) in [5, 5.41) is 20.2. The van der Waals surface area contributed by atoms with E-state index in [1.807, 2.05) is 24.4 Å². The van der Waals surface area contributed by atoms with E-state index in [0.717, 1.165) is 28.8 Å². The van der Waals surface area contributed by atoms with Gasteiger partial charge in [-0.05, 0) is 56.2 Å². The summed E-state index contributed by atoms with van der Waals surface area (Å²) in [6, 6.07) is 7.64. The van der Waals surface area contributed by atoms with Crippen molar-refractivity contribution in [2.75, 3.05) is 10.6 Å². The fourth-order valence-electron chi connectivity index (χ4n) is 5.19. The highest BCUT2D eigenvalue weighted by atomic mass is 32.2. The SMILES string of the molecule is Cc1cc(Nc2nc(N[C@@H]3C[C@H]4CC(S(=O)(=O)c5cccnc5)C[C@@H](C3)N4)nc3sccc23)n[nH]1. The maximum atomic E-state index is 13.2. The highest BCUT2D eigenvalue weighted by Crippen LogP contribution is 2.34. The average molecular weight is 511 g/mol. The molecule has 0 saturated carbocycles. The second-order valence-electron chi connectivity index (χ2n) is 9.30. The van der Waals surface area contributed by atoms with Crippen LogP contribution in [0.2, 0.25) is 0 Å². The smallest absolute Gasteiger partial charge is 0.226 e. The quantitative estimate of drug-likeness (QED) is 0.307. The Bertz CT molecular complexity index is 1440. The van der Waals surface area contributed by atoms with Crippen LogP contribution in [0.5, 0.6) is 0 Å². The predicted octanol–water partition coefficient (Wildman–Crippen LogP) is 3.40. The molecule has 2 fully saturated rings. The Morgan fingerprint density at radius 2 is 1.94 bits per heavy atom. The molecular weight excluding hydrogens is 484 g/mol. The van der Waals surface area contributed by atoms with Crippen molar-refractivity contribution >= 4 is 49.0 Å². The van der Waals surface area contributed by atoms with E-state index in [2.05, 4.69) is 31.1 Å².